The van der Waals surface area contributed by atoms with Crippen LogP contribution in [0.4, 0.5) is 11.4 Å². The van der Waals surface area contributed by atoms with Gasteiger partial charge in [-0.1, -0.05) is 29.8 Å². The molecule has 0 aliphatic rings. The maximum absolute atomic E-state index is 12.3. The van der Waals surface area contributed by atoms with E-state index in [1.165, 1.54) is 24.3 Å². The smallest absolute Gasteiger partial charge is 0.269 e. The van der Waals surface area contributed by atoms with E-state index in [1.807, 2.05) is 6.92 Å². The van der Waals surface area contributed by atoms with Gasteiger partial charge in [0.25, 0.3) is 5.69 Å². The van der Waals surface area contributed by atoms with Crippen LogP contribution in [0.25, 0.3) is 11.1 Å². The Balaban J connectivity index is 1.66. The maximum atomic E-state index is 12.3. The average molecular weight is 410 g/mol. The summed E-state index contributed by atoms with van der Waals surface area (Å²) in [6.07, 6.45) is 0. The van der Waals surface area contributed by atoms with Crippen molar-refractivity contribution in [3.63, 3.8) is 0 Å². The SMILES string of the molecule is Cc1ccc(S(=O)(=O)CC(=O)Nc2ccc(-c3ccc([N+](=O)[O-])cc3)cc2)cc1. The van der Waals surface area contributed by atoms with Crippen molar-refractivity contribution >= 4 is 27.1 Å². The number of amides is 1. The summed E-state index contributed by atoms with van der Waals surface area (Å²) >= 11 is 0. The molecule has 0 radical (unpaired) electrons. The van der Waals surface area contributed by atoms with Gasteiger partial charge in [0.15, 0.2) is 9.84 Å². The topological polar surface area (TPSA) is 106 Å². The van der Waals surface area contributed by atoms with E-state index < -0.39 is 26.4 Å². The molecule has 0 spiro atoms. The fourth-order valence-corrected chi connectivity index (χ4v) is 3.85. The summed E-state index contributed by atoms with van der Waals surface area (Å²) in [5.41, 5.74) is 2.99. The molecule has 3 rings (SSSR count). The van der Waals surface area contributed by atoms with Crippen LogP contribution in [0, 0.1) is 17.0 Å². The monoisotopic (exact) mass is 410 g/mol. The van der Waals surface area contributed by atoms with Crippen LogP contribution in [0.1, 0.15) is 5.56 Å². The second-order valence-corrected chi connectivity index (χ2v) is 8.49. The van der Waals surface area contributed by atoms with Gasteiger partial charge in [-0.05, 0) is 54.4 Å². The van der Waals surface area contributed by atoms with Crippen LogP contribution in [-0.4, -0.2) is 25.0 Å². The summed E-state index contributed by atoms with van der Waals surface area (Å²) in [7, 11) is -3.73. The standard InChI is InChI=1S/C21H18N2O5S/c1-15-2-12-20(13-3-15)29(27,28)14-21(24)22-18-8-4-16(5-9-18)17-6-10-19(11-7-17)23(25)26/h2-13H,14H2,1H3,(H,22,24). The molecule has 0 fully saturated rings. The van der Waals surface area contributed by atoms with E-state index in [-0.39, 0.29) is 10.6 Å². The third-order valence-corrected chi connectivity index (χ3v) is 5.91. The zero-order valence-corrected chi connectivity index (χ0v) is 16.3. The highest BCUT2D eigenvalue weighted by Gasteiger charge is 2.19. The Morgan fingerprint density at radius 1 is 0.897 bits per heavy atom. The van der Waals surface area contributed by atoms with Crippen LogP contribution in [0.2, 0.25) is 0 Å². The zero-order valence-electron chi connectivity index (χ0n) is 15.5. The van der Waals surface area contributed by atoms with Gasteiger partial charge in [-0.25, -0.2) is 8.42 Å². The lowest BCUT2D eigenvalue weighted by molar-refractivity contribution is -0.384. The van der Waals surface area contributed by atoms with Crippen LogP contribution >= 0.6 is 0 Å². The van der Waals surface area contributed by atoms with Crippen molar-refractivity contribution in [3.05, 3.63) is 88.5 Å². The van der Waals surface area contributed by atoms with Gasteiger partial charge in [0.1, 0.15) is 5.75 Å². The fourth-order valence-electron chi connectivity index (χ4n) is 2.72. The molecule has 3 aromatic rings. The van der Waals surface area contributed by atoms with E-state index >= 15 is 0 Å². The molecule has 0 aromatic heterocycles. The van der Waals surface area contributed by atoms with Crippen LogP contribution in [0.5, 0.6) is 0 Å². The molecule has 0 heterocycles. The Hall–Kier alpha value is -3.52. The molecule has 0 atom stereocenters. The van der Waals surface area contributed by atoms with Crippen LogP contribution in [-0.2, 0) is 14.6 Å². The Kier molecular flexibility index (Phi) is 5.74. The molecular weight excluding hydrogens is 392 g/mol. The van der Waals surface area contributed by atoms with Crippen molar-refractivity contribution < 1.29 is 18.1 Å². The predicted molar refractivity (Wildman–Crippen MR) is 110 cm³/mol. The number of nitro benzene ring substituents is 1. The first kappa shape index (κ1) is 20.2. The molecule has 0 bridgehead atoms. The highest BCUT2D eigenvalue weighted by Crippen LogP contribution is 2.24. The molecule has 0 aliphatic heterocycles. The number of carbonyl (C=O) groups is 1. The molecule has 29 heavy (non-hydrogen) atoms. The van der Waals surface area contributed by atoms with E-state index in [4.69, 9.17) is 0 Å². The van der Waals surface area contributed by atoms with Gasteiger partial charge in [0.05, 0.1) is 9.82 Å². The Labute approximate surface area is 168 Å². The summed E-state index contributed by atoms with van der Waals surface area (Å²) in [4.78, 5) is 22.5. The molecular formula is C21H18N2O5S. The average Bonchev–Trinajstić information content (AvgIpc) is 2.68. The summed E-state index contributed by atoms with van der Waals surface area (Å²) in [5, 5.41) is 13.3. The van der Waals surface area contributed by atoms with Gasteiger partial charge in [-0.2, -0.15) is 0 Å². The number of carbonyl (C=O) groups excluding carboxylic acids is 1. The van der Waals surface area contributed by atoms with E-state index in [1.54, 1.807) is 48.5 Å². The number of hydrogen-bond donors (Lipinski definition) is 1. The molecule has 148 valence electrons. The van der Waals surface area contributed by atoms with Crippen molar-refractivity contribution in [2.45, 2.75) is 11.8 Å². The van der Waals surface area contributed by atoms with E-state index in [9.17, 15) is 23.3 Å². The van der Waals surface area contributed by atoms with E-state index in [0.717, 1.165) is 16.7 Å². The maximum Gasteiger partial charge on any atom is 0.269 e. The highest BCUT2D eigenvalue weighted by molar-refractivity contribution is 7.92. The van der Waals surface area contributed by atoms with Crippen molar-refractivity contribution in [2.24, 2.45) is 0 Å². The first-order chi connectivity index (χ1) is 13.7. The summed E-state index contributed by atoms with van der Waals surface area (Å²) in [6, 6.07) is 19.2. The molecule has 0 saturated heterocycles. The largest absolute Gasteiger partial charge is 0.325 e. The van der Waals surface area contributed by atoms with Crippen LogP contribution < -0.4 is 5.32 Å². The number of nitrogens with one attached hydrogen (secondary N) is 1. The predicted octanol–water partition coefficient (Wildman–Crippen LogP) is 3.98. The molecule has 0 aliphatic carbocycles. The van der Waals surface area contributed by atoms with Gasteiger partial charge in [0.2, 0.25) is 5.91 Å². The quantitative estimate of drug-likeness (QED) is 0.489. The second-order valence-electron chi connectivity index (χ2n) is 6.50. The Morgan fingerprint density at radius 2 is 1.41 bits per heavy atom. The number of nitrogens with zero attached hydrogens (tertiary/aromatic N) is 1. The van der Waals surface area contributed by atoms with E-state index in [0.29, 0.717) is 5.69 Å². The molecule has 1 N–H and O–H groups in total. The van der Waals surface area contributed by atoms with Crippen molar-refractivity contribution in [2.75, 3.05) is 11.1 Å². The second kappa shape index (κ2) is 8.24. The minimum absolute atomic E-state index is 0.00687. The molecule has 1 amide bonds. The van der Waals surface area contributed by atoms with E-state index in [2.05, 4.69) is 5.32 Å². The lowest BCUT2D eigenvalue weighted by atomic mass is 10.1. The van der Waals surface area contributed by atoms with Gasteiger partial charge >= 0.3 is 0 Å². The minimum atomic E-state index is -3.73. The summed E-state index contributed by atoms with van der Waals surface area (Å²) in [6.45, 7) is 1.85. The van der Waals surface area contributed by atoms with Gasteiger partial charge < -0.3 is 5.32 Å². The number of benzene rings is 3. The normalized spacial score (nSPS) is 11.1. The lowest BCUT2D eigenvalue weighted by Crippen LogP contribution is -2.23. The lowest BCUT2D eigenvalue weighted by Gasteiger charge is -2.08. The molecule has 8 heteroatoms. The minimum Gasteiger partial charge on any atom is -0.325 e. The Bertz CT molecular complexity index is 1140. The van der Waals surface area contributed by atoms with Crippen molar-refractivity contribution in [1.29, 1.82) is 0 Å². The molecule has 7 nitrogen and oxygen atoms in total. The zero-order chi connectivity index (χ0) is 21.0. The number of nitro groups is 1. The number of anilines is 1. The first-order valence-electron chi connectivity index (χ1n) is 8.69. The molecule has 0 saturated carbocycles. The fraction of sp³-hybridized carbons (Fsp3) is 0.0952. The summed E-state index contributed by atoms with van der Waals surface area (Å²) in [5.74, 6) is -1.28. The molecule has 3 aromatic carbocycles. The third-order valence-electron chi connectivity index (χ3n) is 4.28. The third kappa shape index (κ3) is 5.05. The summed E-state index contributed by atoms with van der Waals surface area (Å²) < 4.78 is 24.7. The van der Waals surface area contributed by atoms with Crippen molar-refractivity contribution in [3.8, 4) is 11.1 Å². The number of non-ortho nitro benzene ring substituents is 1. The van der Waals surface area contributed by atoms with Crippen LogP contribution in [0.15, 0.2) is 77.7 Å². The first-order valence-corrected chi connectivity index (χ1v) is 10.3. The number of sulfone groups is 1. The number of hydrogen-bond acceptors (Lipinski definition) is 5. The number of rotatable bonds is 6. The van der Waals surface area contributed by atoms with Crippen LogP contribution in [0.3, 0.4) is 0 Å². The van der Waals surface area contributed by atoms with Gasteiger partial charge in [-0.15, -0.1) is 0 Å². The molecule has 0 unspecified atom stereocenters. The number of aryl methyl sites for hydroxylation is 1. The Morgan fingerprint density at radius 3 is 1.93 bits per heavy atom. The van der Waals surface area contributed by atoms with Gasteiger partial charge in [-0.3, -0.25) is 14.9 Å². The van der Waals surface area contributed by atoms with Crippen molar-refractivity contribution in [1.82, 2.24) is 0 Å². The van der Waals surface area contributed by atoms with Gasteiger partial charge in [0, 0.05) is 17.8 Å². The highest BCUT2D eigenvalue weighted by atomic mass is 32.2.